The third kappa shape index (κ3) is 2.83. The van der Waals surface area contributed by atoms with Crippen LogP contribution in [0.15, 0.2) is 6.20 Å². The van der Waals surface area contributed by atoms with Crippen molar-refractivity contribution in [2.75, 3.05) is 17.7 Å². The van der Waals surface area contributed by atoms with Crippen LogP contribution >= 0.6 is 0 Å². The van der Waals surface area contributed by atoms with Crippen LogP contribution in [-0.2, 0) is 0 Å². The summed E-state index contributed by atoms with van der Waals surface area (Å²) in [6.45, 7) is 3.60. The van der Waals surface area contributed by atoms with Crippen molar-refractivity contribution in [2.45, 2.75) is 32.2 Å². The Hall–Kier alpha value is -1.96. The summed E-state index contributed by atoms with van der Waals surface area (Å²) in [7, 11) is 0. The fourth-order valence-corrected chi connectivity index (χ4v) is 1.56. The topological polar surface area (TPSA) is 127 Å². The molecule has 8 heteroatoms. The van der Waals surface area contributed by atoms with E-state index in [1.54, 1.807) is 0 Å². The first-order chi connectivity index (χ1) is 8.48. The molecule has 0 fully saturated rings. The van der Waals surface area contributed by atoms with Crippen LogP contribution in [0.5, 0.6) is 0 Å². The summed E-state index contributed by atoms with van der Waals surface area (Å²) in [5.74, 6) is -0.0209. The van der Waals surface area contributed by atoms with Gasteiger partial charge in [0, 0.05) is 0 Å². The van der Waals surface area contributed by atoms with Gasteiger partial charge in [0.25, 0.3) is 0 Å². The fourth-order valence-electron chi connectivity index (χ4n) is 1.56. The molecule has 0 aliphatic carbocycles. The minimum atomic E-state index is -0.647. The molecule has 0 saturated carbocycles. The van der Waals surface area contributed by atoms with E-state index in [1.165, 1.54) is 0 Å². The van der Waals surface area contributed by atoms with Crippen molar-refractivity contribution in [1.29, 1.82) is 0 Å². The van der Waals surface area contributed by atoms with Gasteiger partial charge in [0.2, 0.25) is 11.8 Å². The quantitative estimate of drug-likeness (QED) is 0.509. The lowest BCUT2D eigenvalue weighted by molar-refractivity contribution is -0.384. The number of aromatic nitrogens is 2. The lowest BCUT2D eigenvalue weighted by atomic mass is 9.94. The largest absolute Gasteiger partial charge is 0.394 e. The second-order valence-corrected chi connectivity index (χ2v) is 3.99. The van der Waals surface area contributed by atoms with E-state index in [1.807, 2.05) is 13.8 Å². The van der Waals surface area contributed by atoms with Gasteiger partial charge < -0.3 is 16.2 Å². The molecule has 0 aliphatic rings. The molecule has 1 rings (SSSR count). The Balaban J connectivity index is 3.16. The maximum absolute atomic E-state index is 10.9. The van der Waals surface area contributed by atoms with Crippen LogP contribution in [0.4, 0.5) is 17.5 Å². The van der Waals surface area contributed by atoms with Gasteiger partial charge in [0.05, 0.1) is 17.1 Å². The van der Waals surface area contributed by atoms with E-state index in [4.69, 9.17) is 5.73 Å². The molecule has 100 valence electrons. The third-order valence-corrected chi connectivity index (χ3v) is 3.02. The minimum absolute atomic E-state index is 0.0326. The zero-order valence-electron chi connectivity index (χ0n) is 10.4. The van der Waals surface area contributed by atoms with Crippen LogP contribution in [0.1, 0.15) is 26.7 Å². The number of rotatable bonds is 6. The second kappa shape index (κ2) is 5.58. The highest BCUT2D eigenvalue weighted by Gasteiger charge is 2.29. The van der Waals surface area contributed by atoms with Crippen LogP contribution in [0, 0.1) is 10.1 Å². The van der Waals surface area contributed by atoms with Gasteiger partial charge in [-0.15, -0.1) is 0 Å². The Morgan fingerprint density at radius 1 is 1.56 bits per heavy atom. The maximum Gasteiger partial charge on any atom is 0.329 e. The summed E-state index contributed by atoms with van der Waals surface area (Å²) in [5, 5.41) is 23.2. The molecule has 8 nitrogen and oxygen atoms in total. The highest BCUT2D eigenvalue weighted by molar-refractivity contribution is 5.57. The Kier molecular flexibility index (Phi) is 4.38. The molecular weight excluding hydrogens is 238 g/mol. The summed E-state index contributed by atoms with van der Waals surface area (Å²) in [4.78, 5) is 17.7. The molecule has 1 aromatic rings. The summed E-state index contributed by atoms with van der Waals surface area (Å²) >= 11 is 0. The molecular formula is C10H17N5O3. The SMILES string of the molecule is CCC(CC)(CO)Nc1nc(N)ncc1[N+](=O)[O-]. The van der Waals surface area contributed by atoms with E-state index < -0.39 is 10.5 Å². The van der Waals surface area contributed by atoms with Gasteiger partial charge in [-0.05, 0) is 12.8 Å². The van der Waals surface area contributed by atoms with Crippen molar-refractivity contribution >= 4 is 17.5 Å². The number of aliphatic hydroxyl groups excluding tert-OH is 1. The van der Waals surface area contributed by atoms with Gasteiger partial charge in [0.15, 0.2) is 0 Å². The van der Waals surface area contributed by atoms with Crippen molar-refractivity contribution < 1.29 is 10.0 Å². The van der Waals surface area contributed by atoms with Crippen LogP contribution in [0.3, 0.4) is 0 Å². The van der Waals surface area contributed by atoms with E-state index in [0.29, 0.717) is 12.8 Å². The Morgan fingerprint density at radius 3 is 2.61 bits per heavy atom. The molecule has 0 amide bonds. The Labute approximate surface area is 104 Å². The van der Waals surface area contributed by atoms with Gasteiger partial charge >= 0.3 is 5.69 Å². The van der Waals surface area contributed by atoms with Crippen molar-refractivity contribution in [1.82, 2.24) is 9.97 Å². The summed E-state index contributed by atoms with van der Waals surface area (Å²) in [5.41, 5.74) is 4.52. The number of nitrogens with one attached hydrogen (secondary N) is 1. The molecule has 0 aliphatic heterocycles. The summed E-state index contributed by atoms with van der Waals surface area (Å²) in [6.07, 6.45) is 2.25. The van der Waals surface area contributed by atoms with Gasteiger partial charge in [-0.1, -0.05) is 13.8 Å². The number of nitrogen functional groups attached to an aromatic ring is 1. The van der Waals surface area contributed by atoms with E-state index >= 15 is 0 Å². The molecule has 0 aromatic carbocycles. The average molecular weight is 255 g/mol. The molecule has 0 saturated heterocycles. The van der Waals surface area contributed by atoms with Crippen molar-refractivity contribution in [3.05, 3.63) is 16.3 Å². The van der Waals surface area contributed by atoms with Gasteiger partial charge in [-0.25, -0.2) is 4.98 Å². The van der Waals surface area contributed by atoms with Crippen LogP contribution in [0.25, 0.3) is 0 Å². The molecule has 1 aromatic heterocycles. The summed E-state index contributed by atoms with van der Waals surface area (Å²) in [6, 6.07) is 0. The van der Waals surface area contributed by atoms with Crippen LogP contribution in [0.2, 0.25) is 0 Å². The predicted octanol–water partition coefficient (Wildman–Crippen LogP) is 0.930. The highest BCUT2D eigenvalue weighted by atomic mass is 16.6. The number of nitro groups is 1. The first-order valence-corrected chi connectivity index (χ1v) is 5.64. The molecule has 1 heterocycles. The predicted molar refractivity (Wildman–Crippen MR) is 67.1 cm³/mol. The standard InChI is InChI=1S/C10H17N5O3/c1-3-10(4-2,6-16)14-8-7(15(17)18)5-12-9(11)13-8/h5,16H,3-4,6H2,1-2H3,(H3,11,12,13,14). The second-order valence-electron chi connectivity index (χ2n) is 3.99. The minimum Gasteiger partial charge on any atom is -0.394 e. The van der Waals surface area contributed by atoms with Gasteiger partial charge in [-0.3, -0.25) is 10.1 Å². The molecule has 4 N–H and O–H groups in total. The highest BCUT2D eigenvalue weighted by Crippen LogP contribution is 2.27. The maximum atomic E-state index is 10.9. The first-order valence-electron chi connectivity index (χ1n) is 5.64. The smallest absolute Gasteiger partial charge is 0.329 e. The van der Waals surface area contributed by atoms with Crippen LogP contribution in [-0.4, -0.2) is 32.1 Å². The normalized spacial score (nSPS) is 11.3. The number of nitrogens with zero attached hydrogens (tertiary/aromatic N) is 3. The van der Waals surface area contributed by atoms with E-state index in [2.05, 4.69) is 15.3 Å². The molecule has 0 atom stereocenters. The number of hydrogen-bond acceptors (Lipinski definition) is 7. The third-order valence-electron chi connectivity index (χ3n) is 3.02. The Bertz CT molecular complexity index is 425. The van der Waals surface area contributed by atoms with Crippen molar-refractivity contribution in [3.63, 3.8) is 0 Å². The Morgan fingerprint density at radius 2 is 2.17 bits per heavy atom. The van der Waals surface area contributed by atoms with Crippen molar-refractivity contribution in [3.8, 4) is 0 Å². The van der Waals surface area contributed by atoms with Gasteiger partial charge in [0.1, 0.15) is 6.20 Å². The number of aliphatic hydroxyl groups is 1. The van der Waals surface area contributed by atoms with Gasteiger partial charge in [-0.2, -0.15) is 4.98 Å². The molecule has 0 spiro atoms. The lowest BCUT2D eigenvalue weighted by Gasteiger charge is -2.30. The number of nitrogens with two attached hydrogens (primary N) is 1. The average Bonchev–Trinajstić information content (AvgIpc) is 2.36. The molecule has 18 heavy (non-hydrogen) atoms. The molecule has 0 unspecified atom stereocenters. The van der Waals surface area contributed by atoms with E-state index in [0.717, 1.165) is 6.20 Å². The first kappa shape index (κ1) is 14.1. The van der Waals surface area contributed by atoms with Crippen LogP contribution < -0.4 is 11.1 Å². The van der Waals surface area contributed by atoms with E-state index in [-0.39, 0.29) is 24.1 Å². The lowest BCUT2D eigenvalue weighted by Crippen LogP contribution is -2.41. The van der Waals surface area contributed by atoms with E-state index in [9.17, 15) is 15.2 Å². The number of hydrogen-bond donors (Lipinski definition) is 3. The molecule has 0 bridgehead atoms. The summed E-state index contributed by atoms with van der Waals surface area (Å²) < 4.78 is 0. The fraction of sp³-hybridized carbons (Fsp3) is 0.600. The molecule has 0 radical (unpaired) electrons. The van der Waals surface area contributed by atoms with Crippen molar-refractivity contribution in [2.24, 2.45) is 0 Å². The zero-order chi connectivity index (χ0) is 13.8. The monoisotopic (exact) mass is 255 g/mol. The number of anilines is 2. The zero-order valence-corrected chi connectivity index (χ0v) is 10.4.